The summed E-state index contributed by atoms with van der Waals surface area (Å²) in [5.74, 6) is 0. The molecule has 1 aromatic carbocycles. The van der Waals surface area contributed by atoms with Gasteiger partial charge in [0.05, 0.1) is 6.10 Å². The highest BCUT2D eigenvalue weighted by molar-refractivity contribution is 5.60. The van der Waals surface area contributed by atoms with Crippen molar-refractivity contribution in [1.82, 2.24) is 0 Å². The van der Waals surface area contributed by atoms with Gasteiger partial charge < -0.3 is 10.0 Å². The van der Waals surface area contributed by atoms with Gasteiger partial charge in [-0.1, -0.05) is 26.0 Å². The van der Waals surface area contributed by atoms with E-state index in [2.05, 4.69) is 37.9 Å². The van der Waals surface area contributed by atoms with Crippen LogP contribution in [0.1, 0.15) is 44.4 Å². The molecule has 0 saturated carbocycles. The van der Waals surface area contributed by atoms with Crippen LogP contribution >= 0.6 is 0 Å². The molecule has 1 N–H and O–H groups in total. The average Bonchev–Trinajstić information content (AvgIpc) is 2.23. The fraction of sp³-hybridized carbons (Fsp3) is 0.571. The maximum Gasteiger partial charge on any atom is 0.0762 e. The summed E-state index contributed by atoms with van der Waals surface area (Å²) >= 11 is 0. The van der Waals surface area contributed by atoms with E-state index in [0.29, 0.717) is 0 Å². The minimum atomic E-state index is -0.385. The Morgan fingerprint density at radius 2 is 2.06 bits per heavy atom. The van der Waals surface area contributed by atoms with Crippen molar-refractivity contribution < 1.29 is 5.11 Å². The van der Waals surface area contributed by atoms with Crippen LogP contribution in [0.5, 0.6) is 0 Å². The lowest BCUT2D eigenvalue weighted by Gasteiger charge is -2.38. The molecule has 0 aliphatic carbocycles. The number of nitrogens with zero attached hydrogens (tertiary/aromatic N) is 1. The van der Waals surface area contributed by atoms with Gasteiger partial charge in [-0.2, -0.15) is 0 Å². The van der Waals surface area contributed by atoms with Gasteiger partial charge in [0.25, 0.3) is 0 Å². The number of anilines is 1. The summed E-state index contributed by atoms with van der Waals surface area (Å²) in [6.07, 6.45) is 0.800. The fourth-order valence-electron chi connectivity index (χ4n) is 2.40. The van der Waals surface area contributed by atoms with Crippen LogP contribution < -0.4 is 4.90 Å². The quantitative estimate of drug-likeness (QED) is 0.785. The minimum Gasteiger partial charge on any atom is -0.389 e. The summed E-state index contributed by atoms with van der Waals surface area (Å²) in [4.78, 5) is 2.28. The van der Waals surface area contributed by atoms with Crippen LogP contribution in [0, 0.1) is 0 Å². The van der Waals surface area contributed by atoms with Crippen LogP contribution in [0.15, 0.2) is 18.2 Å². The van der Waals surface area contributed by atoms with Crippen LogP contribution in [-0.4, -0.2) is 18.7 Å². The zero-order valence-corrected chi connectivity index (χ0v) is 10.6. The standard InChI is InChI=1S/C14H21NO/c1-10(16)11-5-6-12-13(9-11)15(4)8-7-14(12,2)3/h5-6,9-10,16H,7-8H2,1-4H3. The van der Waals surface area contributed by atoms with Gasteiger partial charge in [-0.05, 0) is 36.0 Å². The molecule has 1 unspecified atom stereocenters. The maximum atomic E-state index is 9.62. The van der Waals surface area contributed by atoms with Crippen LogP contribution in [0.2, 0.25) is 0 Å². The van der Waals surface area contributed by atoms with Crippen molar-refractivity contribution in [2.75, 3.05) is 18.5 Å². The molecule has 0 aromatic heterocycles. The van der Waals surface area contributed by atoms with Gasteiger partial charge in [0.2, 0.25) is 0 Å². The van der Waals surface area contributed by atoms with Crippen LogP contribution in [0.25, 0.3) is 0 Å². The van der Waals surface area contributed by atoms with Gasteiger partial charge in [-0.15, -0.1) is 0 Å². The Labute approximate surface area is 97.9 Å². The van der Waals surface area contributed by atoms with Crippen molar-refractivity contribution in [3.05, 3.63) is 29.3 Å². The SMILES string of the molecule is CC(O)c1ccc2c(c1)N(C)CCC2(C)C. The number of hydrogen-bond acceptors (Lipinski definition) is 2. The molecule has 0 amide bonds. The van der Waals surface area contributed by atoms with Gasteiger partial charge in [0.15, 0.2) is 0 Å². The van der Waals surface area contributed by atoms with Gasteiger partial charge in [0, 0.05) is 19.3 Å². The number of aliphatic hydroxyl groups excluding tert-OH is 1. The first-order chi connectivity index (χ1) is 7.42. The van der Waals surface area contributed by atoms with E-state index in [0.717, 1.165) is 12.1 Å². The first-order valence-electron chi connectivity index (χ1n) is 5.95. The Kier molecular flexibility index (Phi) is 2.70. The Balaban J connectivity index is 2.52. The molecule has 0 spiro atoms. The van der Waals surface area contributed by atoms with Gasteiger partial charge in [0.1, 0.15) is 0 Å². The zero-order valence-electron chi connectivity index (χ0n) is 10.6. The molecule has 1 atom stereocenters. The normalized spacial score (nSPS) is 20.4. The second kappa shape index (κ2) is 3.77. The second-order valence-electron chi connectivity index (χ2n) is 5.51. The third kappa shape index (κ3) is 1.82. The summed E-state index contributed by atoms with van der Waals surface area (Å²) in [5, 5.41) is 9.62. The monoisotopic (exact) mass is 219 g/mol. The molecule has 0 fully saturated rings. The average molecular weight is 219 g/mol. The highest BCUT2D eigenvalue weighted by Gasteiger charge is 2.29. The molecule has 1 aliphatic rings. The van der Waals surface area contributed by atoms with E-state index in [1.165, 1.54) is 17.7 Å². The highest BCUT2D eigenvalue weighted by atomic mass is 16.3. The lowest BCUT2D eigenvalue weighted by atomic mass is 9.77. The topological polar surface area (TPSA) is 23.5 Å². The van der Waals surface area contributed by atoms with Crippen molar-refractivity contribution in [3.63, 3.8) is 0 Å². The molecular weight excluding hydrogens is 198 g/mol. The molecular formula is C14H21NO. The van der Waals surface area contributed by atoms with Gasteiger partial charge in [-0.3, -0.25) is 0 Å². The predicted octanol–water partition coefficient (Wildman–Crippen LogP) is 2.86. The molecule has 1 aliphatic heterocycles. The predicted molar refractivity (Wildman–Crippen MR) is 68.0 cm³/mol. The van der Waals surface area contributed by atoms with E-state index >= 15 is 0 Å². The summed E-state index contributed by atoms with van der Waals surface area (Å²) in [5.41, 5.74) is 3.92. The van der Waals surface area contributed by atoms with Gasteiger partial charge in [-0.25, -0.2) is 0 Å². The number of aliphatic hydroxyl groups is 1. The number of hydrogen-bond donors (Lipinski definition) is 1. The first-order valence-corrected chi connectivity index (χ1v) is 5.95. The van der Waals surface area contributed by atoms with E-state index < -0.39 is 0 Å². The van der Waals surface area contributed by atoms with E-state index in [1.54, 1.807) is 0 Å². The van der Waals surface area contributed by atoms with Crippen LogP contribution in [0.4, 0.5) is 5.69 Å². The molecule has 16 heavy (non-hydrogen) atoms. The lowest BCUT2D eigenvalue weighted by Crippen LogP contribution is -2.34. The molecule has 2 nitrogen and oxygen atoms in total. The third-order valence-electron chi connectivity index (χ3n) is 3.72. The molecule has 0 radical (unpaired) electrons. The van der Waals surface area contributed by atoms with Crippen LogP contribution in [0.3, 0.4) is 0 Å². The highest BCUT2D eigenvalue weighted by Crippen LogP contribution is 2.39. The minimum absolute atomic E-state index is 0.249. The zero-order chi connectivity index (χ0) is 11.9. The molecule has 88 valence electrons. The maximum absolute atomic E-state index is 9.62. The van der Waals surface area contributed by atoms with E-state index in [4.69, 9.17) is 0 Å². The lowest BCUT2D eigenvalue weighted by molar-refractivity contribution is 0.199. The summed E-state index contributed by atoms with van der Waals surface area (Å²) < 4.78 is 0. The summed E-state index contributed by atoms with van der Waals surface area (Å²) in [6.45, 7) is 7.49. The smallest absolute Gasteiger partial charge is 0.0762 e. The van der Waals surface area contributed by atoms with E-state index in [-0.39, 0.29) is 11.5 Å². The first kappa shape index (κ1) is 11.5. The second-order valence-corrected chi connectivity index (χ2v) is 5.51. The Morgan fingerprint density at radius 1 is 1.38 bits per heavy atom. The summed E-state index contributed by atoms with van der Waals surface area (Å²) in [7, 11) is 2.12. The van der Waals surface area contributed by atoms with E-state index in [1.807, 2.05) is 13.0 Å². The molecule has 1 heterocycles. The van der Waals surface area contributed by atoms with Crippen molar-refractivity contribution >= 4 is 5.69 Å². The Morgan fingerprint density at radius 3 is 2.69 bits per heavy atom. The Bertz CT molecular complexity index is 396. The molecule has 0 bridgehead atoms. The van der Waals surface area contributed by atoms with E-state index in [9.17, 15) is 5.11 Å². The van der Waals surface area contributed by atoms with Crippen molar-refractivity contribution in [3.8, 4) is 0 Å². The molecule has 2 rings (SSSR count). The van der Waals surface area contributed by atoms with Gasteiger partial charge >= 0.3 is 0 Å². The van der Waals surface area contributed by atoms with Crippen molar-refractivity contribution in [2.45, 2.75) is 38.7 Å². The summed E-state index contributed by atoms with van der Waals surface area (Å²) in [6, 6.07) is 6.35. The molecule has 1 aromatic rings. The van der Waals surface area contributed by atoms with Crippen molar-refractivity contribution in [1.29, 1.82) is 0 Å². The molecule has 0 saturated heterocycles. The third-order valence-corrected chi connectivity index (χ3v) is 3.72. The Hall–Kier alpha value is -1.02. The largest absolute Gasteiger partial charge is 0.389 e. The van der Waals surface area contributed by atoms with Crippen LogP contribution in [-0.2, 0) is 5.41 Å². The van der Waals surface area contributed by atoms with Crippen molar-refractivity contribution in [2.24, 2.45) is 0 Å². The fourth-order valence-corrected chi connectivity index (χ4v) is 2.40. The number of fused-ring (bicyclic) bond motifs is 1. The number of benzene rings is 1. The number of rotatable bonds is 1. The molecule has 2 heteroatoms.